The lowest BCUT2D eigenvalue weighted by Gasteiger charge is -2.30. The van der Waals surface area contributed by atoms with Crippen LogP contribution >= 0.6 is 11.3 Å². The molecule has 1 aromatic heterocycles. The van der Waals surface area contributed by atoms with E-state index in [1.165, 1.54) is 32.1 Å². The number of likely N-dealkylation sites (tertiary alicyclic amines) is 1. The molecule has 2 heterocycles. The molecule has 0 radical (unpaired) electrons. The molecule has 1 aliphatic heterocycles. The van der Waals surface area contributed by atoms with Gasteiger partial charge in [0.25, 0.3) is 0 Å². The van der Waals surface area contributed by atoms with E-state index in [1.807, 2.05) is 11.4 Å². The van der Waals surface area contributed by atoms with E-state index in [-0.39, 0.29) is 23.2 Å². The van der Waals surface area contributed by atoms with Crippen LogP contribution in [0.5, 0.6) is 5.75 Å². The van der Waals surface area contributed by atoms with Gasteiger partial charge in [-0.2, -0.15) is 11.3 Å². The lowest BCUT2D eigenvalue weighted by molar-refractivity contribution is 0.206. The summed E-state index contributed by atoms with van der Waals surface area (Å²) < 4.78 is 46.8. The SMILES string of the molecule is COc1ccc(S(=O)(=O)NC[C@H](c2ccsc2)N2CCCCCC2)cc1F. The summed E-state index contributed by atoms with van der Waals surface area (Å²) >= 11 is 1.61. The summed E-state index contributed by atoms with van der Waals surface area (Å²) in [5.41, 5.74) is 1.12. The summed E-state index contributed by atoms with van der Waals surface area (Å²) in [7, 11) is -2.47. The number of ether oxygens (including phenoxy) is 1. The molecule has 0 aliphatic carbocycles. The average molecular weight is 413 g/mol. The molecule has 1 aliphatic rings. The van der Waals surface area contributed by atoms with Crippen LogP contribution in [0.15, 0.2) is 39.9 Å². The van der Waals surface area contributed by atoms with Crippen molar-refractivity contribution in [1.29, 1.82) is 0 Å². The first kappa shape index (κ1) is 20.3. The zero-order chi connectivity index (χ0) is 19.3. The Morgan fingerprint density at radius 2 is 1.96 bits per heavy atom. The molecule has 3 rings (SSSR count). The number of nitrogens with one attached hydrogen (secondary N) is 1. The Morgan fingerprint density at radius 3 is 2.56 bits per heavy atom. The lowest BCUT2D eigenvalue weighted by atomic mass is 10.1. The van der Waals surface area contributed by atoms with Gasteiger partial charge in [0.15, 0.2) is 11.6 Å². The highest BCUT2D eigenvalue weighted by Crippen LogP contribution is 2.26. The Labute approximate surface area is 164 Å². The fourth-order valence-corrected chi connectivity index (χ4v) is 5.17. The second-order valence-electron chi connectivity index (χ2n) is 6.67. The van der Waals surface area contributed by atoms with Gasteiger partial charge in [0.2, 0.25) is 10.0 Å². The van der Waals surface area contributed by atoms with E-state index in [1.54, 1.807) is 11.3 Å². The van der Waals surface area contributed by atoms with Crippen molar-refractivity contribution in [3.05, 3.63) is 46.4 Å². The van der Waals surface area contributed by atoms with E-state index in [0.29, 0.717) is 0 Å². The summed E-state index contributed by atoms with van der Waals surface area (Å²) in [4.78, 5) is 2.26. The third kappa shape index (κ3) is 5.07. The largest absolute Gasteiger partial charge is 0.494 e. The predicted molar refractivity (Wildman–Crippen MR) is 105 cm³/mol. The monoisotopic (exact) mass is 412 g/mol. The van der Waals surface area contributed by atoms with Gasteiger partial charge in [-0.1, -0.05) is 12.8 Å². The van der Waals surface area contributed by atoms with Gasteiger partial charge in [-0.05, 0) is 66.5 Å². The number of halogens is 1. The van der Waals surface area contributed by atoms with E-state index in [2.05, 4.69) is 15.0 Å². The van der Waals surface area contributed by atoms with Crippen LogP contribution in [0.3, 0.4) is 0 Å². The second kappa shape index (κ2) is 9.14. The standard InChI is InChI=1S/C19H25FN2O3S2/c1-25-19-7-6-16(12-17(19)20)27(23,24)21-13-18(15-8-11-26-14-15)22-9-4-2-3-5-10-22/h6-8,11-12,14,18,21H,2-5,9-10,13H2,1H3/t18-/m1/s1. The molecule has 1 atom stereocenters. The molecule has 1 saturated heterocycles. The molecule has 0 unspecified atom stereocenters. The Bertz CT molecular complexity index is 833. The van der Waals surface area contributed by atoms with Crippen molar-refractivity contribution < 1.29 is 17.5 Å². The summed E-state index contributed by atoms with van der Waals surface area (Å²) in [5.74, 6) is -0.669. The second-order valence-corrected chi connectivity index (χ2v) is 9.22. The first-order valence-corrected chi connectivity index (χ1v) is 11.5. The van der Waals surface area contributed by atoms with Crippen LogP contribution in [-0.2, 0) is 10.0 Å². The number of hydrogen-bond acceptors (Lipinski definition) is 5. The maximum atomic E-state index is 13.9. The molecule has 27 heavy (non-hydrogen) atoms. The van der Waals surface area contributed by atoms with Gasteiger partial charge in [-0.15, -0.1) is 0 Å². The minimum absolute atomic E-state index is 0.0211. The average Bonchev–Trinajstić information content (AvgIpc) is 3.04. The number of thiophene rings is 1. The Hall–Kier alpha value is -1.48. The van der Waals surface area contributed by atoms with E-state index < -0.39 is 15.8 Å². The van der Waals surface area contributed by atoms with Crippen molar-refractivity contribution in [2.24, 2.45) is 0 Å². The van der Waals surface area contributed by atoms with Gasteiger partial charge in [0.05, 0.1) is 12.0 Å². The predicted octanol–water partition coefficient (Wildman–Crippen LogP) is 3.79. The van der Waals surface area contributed by atoms with Gasteiger partial charge >= 0.3 is 0 Å². The number of hydrogen-bond donors (Lipinski definition) is 1. The normalized spacial score (nSPS) is 17.4. The van der Waals surface area contributed by atoms with Crippen LogP contribution < -0.4 is 9.46 Å². The van der Waals surface area contributed by atoms with Gasteiger partial charge in [0, 0.05) is 12.6 Å². The van der Waals surface area contributed by atoms with E-state index >= 15 is 0 Å². The van der Waals surface area contributed by atoms with Gasteiger partial charge in [-0.3, -0.25) is 4.90 Å². The Balaban J connectivity index is 1.76. The highest BCUT2D eigenvalue weighted by atomic mass is 32.2. The molecule has 0 spiro atoms. The highest BCUT2D eigenvalue weighted by molar-refractivity contribution is 7.89. The van der Waals surface area contributed by atoms with Crippen molar-refractivity contribution in [2.45, 2.75) is 36.6 Å². The van der Waals surface area contributed by atoms with Gasteiger partial charge in [0.1, 0.15) is 0 Å². The molecule has 148 valence electrons. The highest BCUT2D eigenvalue weighted by Gasteiger charge is 2.25. The molecule has 0 amide bonds. The molecule has 2 aromatic rings. The first-order chi connectivity index (χ1) is 13.0. The minimum Gasteiger partial charge on any atom is -0.494 e. The number of methoxy groups -OCH3 is 1. The first-order valence-electron chi connectivity index (χ1n) is 9.10. The zero-order valence-corrected chi connectivity index (χ0v) is 17.0. The molecular formula is C19H25FN2O3S2. The molecule has 1 N–H and O–H groups in total. The van der Waals surface area contributed by atoms with Crippen LogP contribution in [0.4, 0.5) is 4.39 Å². The fraction of sp³-hybridized carbons (Fsp3) is 0.474. The topological polar surface area (TPSA) is 58.6 Å². The molecular weight excluding hydrogens is 387 g/mol. The number of benzene rings is 1. The third-order valence-electron chi connectivity index (χ3n) is 4.91. The van der Waals surface area contributed by atoms with Crippen LogP contribution in [0, 0.1) is 5.82 Å². The summed E-state index contributed by atoms with van der Waals surface area (Å²) in [5, 5.41) is 4.07. The molecule has 5 nitrogen and oxygen atoms in total. The maximum absolute atomic E-state index is 13.9. The lowest BCUT2D eigenvalue weighted by Crippen LogP contribution is -2.38. The van der Waals surface area contributed by atoms with Crippen LogP contribution in [0.1, 0.15) is 37.3 Å². The number of nitrogens with zero attached hydrogens (tertiary/aromatic N) is 1. The van der Waals surface area contributed by atoms with Gasteiger partial charge in [-0.25, -0.2) is 17.5 Å². The van der Waals surface area contributed by atoms with Crippen molar-refractivity contribution in [2.75, 3.05) is 26.7 Å². The zero-order valence-electron chi connectivity index (χ0n) is 15.4. The van der Waals surface area contributed by atoms with Crippen LogP contribution in [-0.4, -0.2) is 40.1 Å². The summed E-state index contributed by atoms with van der Waals surface area (Å²) in [6.45, 7) is 2.17. The smallest absolute Gasteiger partial charge is 0.240 e. The van der Waals surface area contributed by atoms with Crippen molar-refractivity contribution in [3.63, 3.8) is 0 Å². The molecule has 1 aromatic carbocycles. The van der Waals surface area contributed by atoms with Crippen molar-refractivity contribution >= 4 is 21.4 Å². The molecule has 0 bridgehead atoms. The summed E-state index contributed by atoms with van der Waals surface area (Å²) in [6, 6.07) is 5.70. The Kier molecular flexibility index (Phi) is 6.86. The number of rotatable bonds is 7. The third-order valence-corrected chi connectivity index (χ3v) is 7.03. The van der Waals surface area contributed by atoms with Gasteiger partial charge < -0.3 is 4.74 Å². The van der Waals surface area contributed by atoms with E-state index in [0.717, 1.165) is 37.6 Å². The summed E-state index contributed by atoms with van der Waals surface area (Å²) in [6.07, 6.45) is 4.67. The number of sulfonamides is 1. The molecule has 1 fully saturated rings. The maximum Gasteiger partial charge on any atom is 0.240 e. The van der Waals surface area contributed by atoms with Crippen LogP contribution in [0.2, 0.25) is 0 Å². The Morgan fingerprint density at radius 1 is 1.22 bits per heavy atom. The minimum atomic E-state index is -3.81. The fourth-order valence-electron chi connectivity index (χ4n) is 3.42. The quantitative estimate of drug-likeness (QED) is 0.752. The van der Waals surface area contributed by atoms with Crippen LogP contribution in [0.25, 0.3) is 0 Å². The van der Waals surface area contributed by atoms with E-state index in [9.17, 15) is 12.8 Å². The van der Waals surface area contributed by atoms with Crippen molar-refractivity contribution in [1.82, 2.24) is 9.62 Å². The molecule has 0 saturated carbocycles. The van der Waals surface area contributed by atoms with Crippen molar-refractivity contribution in [3.8, 4) is 5.75 Å². The van der Waals surface area contributed by atoms with E-state index in [4.69, 9.17) is 4.74 Å². The molecule has 8 heteroatoms.